The van der Waals surface area contributed by atoms with Crippen molar-refractivity contribution in [1.29, 1.82) is 0 Å². The van der Waals surface area contributed by atoms with E-state index < -0.39 is 5.97 Å². The highest BCUT2D eigenvalue weighted by molar-refractivity contribution is 7.99. The van der Waals surface area contributed by atoms with Crippen molar-refractivity contribution in [2.24, 2.45) is 0 Å². The van der Waals surface area contributed by atoms with E-state index in [2.05, 4.69) is 4.74 Å². The summed E-state index contributed by atoms with van der Waals surface area (Å²) in [5.74, 6) is -0.719. The van der Waals surface area contributed by atoms with Crippen molar-refractivity contribution in [3.8, 4) is 0 Å². The van der Waals surface area contributed by atoms with Crippen molar-refractivity contribution in [3.05, 3.63) is 23.5 Å². The first-order valence-corrected chi connectivity index (χ1v) is 6.58. The molecule has 1 rings (SSSR count). The van der Waals surface area contributed by atoms with E-state index in [1.165, 1.54) is 42.8 Å². The number of thioether (sulfide) groups is 2. The van der Waals surface area contributed by atoms with Gasteiger partial charge >= 0.3 is 5.97 Å². The highest BCUT2D eigenvalue weighted by Crippen LogP contribution is 2.29. The topological polar surface area (TPSA) is 26.3 Å². The van der Waals surface area contributed by atoms with Crippen LogP contribution in [0, 0.1) is 5.82 Å². The van der Waals surface area contributed by atoms with Gasteiger partial charge in [0, 0.05) is 9.79 Å². The number of hydrogen-bond acceptors (Lipinski definition) is 4. The van der Waals surface area contributed by atoms with Gasteiger partial charge in [-0.3, -0.25) is 0 Å². The molecular weight excluding hydrogens is 235 g/mol. The Labute approximate surface area is 96.6 Å². The van der Waals surface area contributed by atoms with Crippen molar-refractivity contribution < 1.29 is 13.9 Å². The van der Waals surface area contributed by atoms with E-state index in [9.17, 15) is 9.18 Å². The second-order valence-corrected chi connectivity index (χ2v) is 4.38. The molecule has 0 fully saturated rings. The molecular formula is C10H11FO2S2. The highest BCUT2D eigenvalue weighted by atomic mass is 32.2. The zero-order chi connectivity index (χ0) is 11.4. The van der Waals surface area contributed by atoms with Crippen LogP contribution in [-0.4, -0.2) is 25.6 Å². The van der Waals surface area contributed by atoms with Crippen molar-refractivity contribution in [2.45, 2.75) is 9.79 Å². The minimum atomic E-state index is -0.444. The lowest BCUT2D eigenvalue weighted by Crippen LogP contribution is -2.02. The first-order valence-electron chi connectivity index (χ1n) is 4.13. The van der Waals surface area contributed by atoms with Crippen molar-refractivity contribution in [2.75, 3.05) is 19.6 Å². The summed E-state index contributed by atoms with van der Waals surface area (Å²) in [5, 5.41) is 0. The summed E-state index contributed by atoms with van der Waals surface area (Å²) in [7, 11) is 1.31. The molecule has 0 aromatic heterocycles. The molecule has 0 heterocycles. The molecule has 2 nitrogen and oxygen atoms in total. The quantitative estimate of drug-likeness (QED) is 0.605. The molecule has 1 aromatic rings. The number of benzene rings is 1. The van der Waals surface area contributed by atoms with E-state index in [1.807, 2.05) is 0 Å². The Kier molecular flexibility index (Phi) is 4.47. The molecule has 0 spiro atoms. The van der Waals surface area contributed by atoms with Crippen LogP contribution in [-0.2, 0) is 4.74 Å². The Bertz CT molecular complexity index is 355. The molecule has 0 amide bonds. The normalized spacial score (nSPS) is 10.1. The fourth-order valence-electron chi connectivity index (χ4n) is 1.11. The van der Waals surface area contributed by atoms with Crippen LogP contribution < -0.4 is 0 Å². The molecule has 0 saturated heterocycles. The maximum absolute atomic E-state index is 13.6. The molecule has 0 bridgehead atoms. The summed E-state index contributed by atoms with van der Waals surface area (Å²) in [6.45, 7) is 0. The summed E-state index contributed by atoms with van der Waals surface area (Å²) in [5.41, 5.74) is 0.382. The molecule has 1 aromatic carbocycles. The molecule has 0 atom stereocenters. The maximum atomic E-state index is 13.6. The molecule has 0 aliphatic rings. The lowest BCUT2D eigenvalue weighted by atomic mass is 10.2. The molecule has 0 N–H and O–H groups in total. The van der Waals surface area contributed by atoms with E-state index in [4.69, 9.17) is 0 Å². The van der Waals surface area contributed by atoms with E-state index in [0.717, 1.165) is 0 Å². The average molecular weight is 246 g/mol. The van der Waals surface area contributed by atoms with E-state index in [1.54, 1.807) is 12.5 Å². The third-order valence-electron chi connectivity index (χ3n) is 1.87. The Balaban J connectivity index is 3.26. The van der Waals surface area contributed by atoms with E-state index in [0.29, 0.717) is 15.4 Å². The van der Waals surface area contributed by atoms with Crippen molar-refractivity contribution in [3.63, 3.8) is 0 Å². The van der Waals surface area contributed by atoms with Crippen LogP contribution in [0.25, 0.3) is 0 Å². The third-order valence-corrected chi connectivity index (χ3v) is 3.34. The van der Waals surface area contributed by atoms with Gasteiger partial charge < -0.3 is 4.74 Å². The average Bonchev–Trinajstić information content (AvgIpc) is 2.28. The number of halogens is 1. The maximum Gasteiger partial charge on any atom is 0.337 e. The number of ether oxygens (including phenoxy) is 1. The Morgan fingerprint density at radius 2 is 1.73 bits per heavy atom. The summed E-state index contributed by atoms with van der Waals surface area (Å²) < 4.78 is 18.2. The number of esters is 1. The predicted octanol–water partition coefficient (Wildman–Crippen LogP) is 3.06. The molecule has 15 heavy (non-hydrogen) atoms. The van der Waals surface area contributed by atoms with Crippen LogP contribution in [0.3, 0.4) is 0 Å². The number of hydrogen-bond donors (Lipinski definition) is 0. The second-order valence-electron chi connectivity index (χ2n) is 2.69. The first-order chi connectivity index (χ1) is 7.13. The lowest BCUT2D eigenvalue weighted by molar-refractivity contribution is 0.0600. The van der Waals surface area contributed by atoms with Gasteiger partial charge in [0.25, 0.3) is 0 Å². The molecule has 0 radical (unpaired) electrons. The Hall–Kier alpha value is -0.680. The zero-order valence-electron chi connectivity index (χ0n) is 8.67. The molecule has 82 valence electrons. The van der Waals surface area contributed by atoms with Crippen molar-refractivity contribution in [1.82, 2.24) is 0 Å². The molecule has 0 unspecified atom stereocenters. The largest absolute Gasteiger partial charge is 0.465 e. The lowest BCUT2D eigenvalue weighted by Gasteiger charge is -2.07. The van der Waals surface area contributed by atoms with Gasteiger partial charge in [-0.15, -0.1) is 23.5 Å². The van der Waals surface area contributed by atoms with Gasteiger partial charge in [-0.05, 0) is 24.6 Å². The van der Waals surface area contributed by atoms with Crippen LogP contribution in [0.15, 0.2) is 21.9 Å². The van der Waals surface area contributed by atoms with Gasteiger partial charge in [0.15, 0.2) is 0 Å². The van der Waals surface area contributed by atoms with Crippen LogP contribution in [0.2, 0.25) is 0 Å². The van der Waals surface area contributed by atoms with Gasteiger partial charge in [-0.1, -0.05) is 0 Å². The minimum absolute atomic E-state index is 0.275. The van der Waals surface area contributed by atoms with Gasteiger partial charge in [-0.2, -0.15) is 0 Å². The summed E-state index contributed by atoms with van der Waals surface area (Å²) >= 11 is 2.54. The van der Waals surface area contributed by atoms with Crippen LogP contribution in [0.5, 0.6) is 0 Å². The molecule has 0 saturated carbocycles. The molecule has 5 heteroatoms. The third kappa shape index (κ3) is 2.66. The summed E-state index contributed by atoms with van der Waals surface area (Å²) in [6, 6.07) is 3.01. The fourth-order valence-corrected chi connectivity index (χ4v) is 2.24. The van der Waals surface area contributed by atoms with Gasteiger partial charge in [0.2, 0.25) is 0 Å². The monoisotopic (exact) mass is 246 g/mol. The number of carbonyl (C=O) groups excluding carboxylic acids is 1. The minimum Gasteiger partial charge on any atom is -0.465 e. The highest BCUT2D eigenvalue weighted by Gasteiger charge is 2.14. The summed E-state index contributed by atoms with van der Waals surface area (Å²) in [4.78, 5) is 12.2. The first kappa shape index (κ1) is 12.4. The smallest absolute Gasteiger partial charge is 0.337 e. The second kappa shape index (κ2) is 5.42. The number of carbonyl (C=O) groups is 1. The van der Waals surface area contributed by atoms with E-state index in [-0.39, 0.29) is 5.82 Å². The Morgan fingerprint density at radius 3 is 2.07 bits per heavy atom. The predicted molar refractivity (Wildman–Crippen MR) is 61.3 cm³/mol. The van der Waals surface area contributed by atoms with Gasteiger partial charge in [-0.25, -0.2) is 9.18 Å². The zero-order valence-corrected chi connectivity index (χ0v) is 10.3. The SMILES string of the molecule is COC(=O)c1cc(SC)c(F)c(SC)c1. The number of methoxy groups -OCH3 is 1. The van der Waals surface area contributed by atoms with Crippen LogP contribution in [0.1, 0.15) is 10.4 Å². The van der Waals surface area contributed by atoms with Crippen LogP contribution in [0.4, 0.5) is 4.39 Å². The molecule has 0 aliphatic heterocycles. The van der Waals surface area contributed by atoms with Gasteiger partial charge in [0.1, 0.15) is 5.82 Å². The van der Waals surface area contributed by atoms with Crippen molar-refractivity contribution >= 4 is 29.5 Å². The summed E-state index contributed by atoms with van der Waals surface area (Å²) in [6.07, 6.45) is 3.53. The Morgan fingerprint density at radius 1 is 1.27 bits per heavy atom. The van der Waals surface area contributed by atoms with Crippen LogP contribution >= 0.6 is 23.5 Å². The molecule has 0 aliphatic carbocycles. The fraction of sp³-hybridized carbons (Fsp3) is 0.300. The van der Waals surface area contributed by atoms with E-state index >= 15 is 0 Å². The number of rotatable bonds is 3. The van der Waals surface area contributed by atoms with Gasteiger partial charge in [0.05, 0.1) is 12.7 Å². The standard InChI is InChI=1S/C10H11FO2S2/c1-13-10(12)6-4-7(14-2)9(11)8(5-6)15-3/h4-5H,1-3H3.